The number of nitrogens with one attached hydrogen (secondary N) is 1. The van der Waals surface area contributed by atoms with Gasteiger partial charge in [0.2, 0.25) is 0 Å². The van der Waals surface area contributed by atoms with Gasteiger partial charge in [0, 0.05) is 18.4 Å². The molecule has 0 saturated heterocycles. The Balaban J connectivity index is 1.46. The van der Waals surface area contributed by atoms with Crippen molar-refractivity contribution in [1.29, 1.82) is 0 Å². The Morgan fingerprint density at radius 2 is 1.95 bits per heavy atom. The molecule has 1 N–H and O–H groups in total. The lowest BCUT2D eigenvalue weighted by atomic mass is 9.93. The van der Waals surface area contributed by atoms with Crippen molar-refractivity contribution in [2.75, 3.05) is 0 Å². The number of rotatable bonds is 4. The van der Waals surface area contributed by atoms with Gasteiger partial charge < -0.3 is 14.5 Å². The fraction of sp³-hybridized carbons (Fsp3) is 0.400. The summed E-state index contributed by atoms with van der Waals surface area (Å²) >= 11 is 0. The fourth-order valence-corrected chi connectivity index (χ4v) is 2.48. The molecule has 0 bridgehead atoms. The van der Waals surface area contributed by atoms with Crippen molar-refractivity contribution in [2.24, 2.45) is 0 Å². The summed E-state index contributed by atoms with van der Waals surface area (Å²) in [6, 6.07) is 5.71. The smallest absolute Gasteiger partial charge is 0.316 e. The van der Waals surface area contributed by atoms with Crippen LogP contribution < -0.4 is 10.1 Å². The Morgan fingerprint density at radius 1 is 1.19 bits per heavy atom. The molecule has 3 rings (SSSR count). The average Bonchev–Trinajstić information content (AvgIpc) is 3.05. The minimum atomic E-state index is -0.157. The maximum Gasteiger partial charge on any atom is 0.316 e. The van der Waals surface area contributed by atoms with Crippen LogP contribution in [-0.4, -0.2) is 28.0 Å². The Kier molecular flexibility index (Phi) is 4.14. The van der Waals surface area contributed by atoms with Crippen LogP contribution in [0.3, 0.4) is 0 Å². The van der Waals surface area contributed by atoms with Gasteiger partial charge in [-0.2, -0.15) is 0 Å². The van der Waals surface area contributed by atoms with E-state index in [9.17, 15) is 4.79 Å². The van der Waals surface area contributed by atoms with Crippen LogP contribution in [0.1, 0.15) is 36.2 Å². The molecule has 0 radical (unpaired) electrons. The van der Waals surface area contributed by atoms with Crippen LogP contribution in [0.15, 0.2) is 41.3 Å². The summed E-state index contributed by atoms with van der Waals surface area (Å²) < 4.78 is 10.8. The number of amides is 1. The van der Waals surface area contributed by atoms with E-state index in [4.69, 9.17) is 9.15 Å². The van der Waals surface area contributed by atoms with Gasteiger partial charge in [0.25, 0.3) is 5.91 Å². The summed E-state index contributed by atoms with van der Waals surface area (Å²) in [6.45, 7) is 0. The predicted octanol–water partition coefficient (Wildman–Crippen LogP) is 2.19. The summed E-state index contributed by atoms with van der Waals surface area (Å²) in [5, 5.41) is 2.99. The Morgan fingerprint density at radius 3 is 2.62 bits per heavy atom. The van der Waals surface area contributed by atoms with Crippen molar-refractivity contribution in [3.63, 3.8) is 0 Å². The monoisotopic (exact) mass is 287 g/mol. The number of hydrogen-bond acceptors (Lipinski definition) is 5. The standard InChI is InChI=1S/C15H17N3O3/c19-14(13-3-1-10-20-13)18-11-4-6-12(7-5-11)21-15-16-8-2-9-17-15/h1-3,8-12H,4-7H2,(H,18,19). The molecule has 110 valence electrons. The largest absolute Gasteiger partial charge is 0.460 e. The number of carbonyl (C=O) groups is 1. The first kappa shape index (κ1) is 13.6. The summed E-state index contributed by atoms with van der Waals surface area (Å²) in [5.74, 6) is 0.196. The molecule has 0 aliphatic heterocycles. The van der Waals surface area contributed by atoms with Crippen LogP contribution in [0.5, 0.6) is 6.01 Å². The van der Waals surface area contributed by atoms with Crippen molar-refractivity contribution in [3.05, 3.63) is 42.6 Å². The number of nitrogens with zero attached hydrogens (tertiary/aromatic N) is 2. The number of ether oxygens (including phenoxy) is 1. The van der Waals surface area contributed by atoms with Gasteiger partial charge >= 0.3 is 6.01 Å². The first-order valence-corrected chi connectivity index (χ1v) is 7.09. The Labute approximate surface area is 122 Å². The third-order valence-electron chi connectivity index (χ3n) is 3.57. The van der Waals surface area contributed by atoms with Crippen LogP contribution in [0.2, 0.25) is 0 Å². The van der Waals surface area contributed by atoms with Crippen LogP contribution >= 0.6 is 0 Å². The second-order valence-electron chi connectivity index (χ2n) is 5.07. The zero-order valence-electron chi connectivity index (χ0n) is 11.6. The van der Waals surface area contributed by atoms with Gasteiger partial charge in [-0.1, -0.05) is 0 Å². The maximum atomic E-state index is 11.9. The van der Waals surface area contributed by atoms with Crippen molar-refractivity contribution in [3.8, 4) is 6.01 Å². The fourth-order valence-electron chi connectivity index (χ4n) is 2.48. The third-order valence-corrected chi connectivity index (χ3v) is 3.57. The first-order valence-electron chi connectivity index (χ1n) is 7.09. The molecule has 2 aromatic heterocycles. The van der Waals surface area contributed by atoms with E-state index < -0.39 is 0 Å². The highest BCUT2D eigenvalue weighted by Crippen LogP contribution is 2.22. The highest BCUT2D eigenvalue weighted by Gasteiger charge is 2.25. The molecule has 0 unspecified atom stereocenters. The van der Waals surface area contributed by atoms with E-state index in [1.807, 2.05) is 0 Å². The van der Waals surface area contributed by atoms with E-state index in [1.54, 1.807) is 30.6 Å². The van der Waals surface area contributed by atoms with Gasteiger partial charge in [-0.05, 0) is 43.9 Å². The van der Waals surface area contributed by atoms with E-state index in [1.165, 1.54) is 6.26 Å². The van der Waals surface area contributed by atoms with Crippen molar-refractivity contribution in [2.45, 2.75) is 37.8 Å². The van der Waals surface area contributed by atoms with E-state index in [2.05, 4.69) is 15.3 Å². The summed E-state index contributed by atoms with van der Waals surface area (Å²) in [4.78, 5) is 20.0. The molecule has 1 aliphatic carbocycles. The molecule has 6 nitrogen and oxygen atoms in total. The minimum Gasteiger partial charge on any atom is -0.460 e. The molecule has 0 atom stereocenters. The van der Waals surface area contributed by atoms with Crippen LogP contribution in [-0.2, 0) is 0 Å². The summed E-state index contributed by atoms with van der Waals surface area (Å²) in [7, 11) is 0. The van der Waals surface area contributed by atoms with Gasteiger partial charge in [-0.25, -0.2) is 9.97 Å². The number of aromatic nitrogens is 2. The van der Waals surface area contributed by atoms with E-state index in [0.717, 1.165) is 25.7 Å². The lowest BCUT2D eigenvalue weighted by Crippen LogP contribution is -2.39. The van der Waals surface area contributed by atoms with Gasteiger partial charge in [0.1, 0.15) is 6.10 Å². The van der Waals surface area contributed by atoms with Crippen molar-refractivity contribution < 1.29 is 13.9 Å². The molecule has 0 aromatic carbocycles. The van der Waals surface area contributed by atoms with Gasteiger partial charge in [0.15, 0.2) is 5.76 Å². The molecular formula is C15H17N3O3. The Hall–Kier alpha value is -2.37. The quantitative estimate of drug-likeness (QED) is 0.932. The lowest BCUT2D eigenvalue weighted by Gasteiger charge is -2.28. The first-order chi connectivity index (χ1) is 10.3. The summed E-state index contributed by atoms with van der Waals surface area (Å²) in [6.07, 6.45) is 8.45. The molecule has 1 fully saturated rings. The molecular weight excluding hydrogens is 270 g/mol. The third kappa shape index (κ3) is 3.59. The molecule has 1 amide bonds. The number of hydrogen-bond donors (Lipinski definition) is 1. The van der Waals surface area contributed by atoms with Crippen molar-refractivity contribution in [1.82, 2.24) is 15.3 Å². The molecule has 1 saturated carbocycles. The minimum absolute atomic E-state index is 0.115. The topological polar surface area (TPSA) is 77.2 Å². The zero-order valence-corrected chi connectivity index (χ0v) is 11.6. The SMILES string of the molecule is O=C(NC1CCC(Oc2ncccn2)CC1)c1ccco1. The number of carbonyl (C=O) groups excluding carboxylic acids is 1. The van der Waals surface area contributed by atoms with Gasteiger partial charge in [0.05, 0.1) is 6.26 Å². The molecule has 2 heterocycles. The summed E-state index contributed by atoms with van der Waals surface area (Å²) in [5.41, 5.74) is 0. The van der Waals surface area contributed by atoms with Crippen LogP contribution in [0.25, 0.3) is 0 Å². The Bertz CT molecular complexity index is 563. The van der Waals surface area contributed by atoms with E-state index in [-0.39, 0.29) is 18.1 Å². The zero-order chi connectivity index (χ0) is 14.5. The average molecular weight is 287 g/mol. The highest BCUT2D eigenvalue weighted by molar-refractivity contribution is 5.91. The molecule has 2 aromatic rings. The number of furan rings is 1. The molecule has 6 heteroatoms. The predicted molar refractivity (Wildman–Crippen MR) is 74.9 cm³/mol. The molecule has 21 heavy (non-hydrogen) atoms. The van der Waals surface area contributed by atoms with Crippen LogP contribution in [0, 0.1) is 0 Å². The van der Waals surface area contributed by atoms with E-state index in [0.29, 0.717) is 11.8 Å². The normalized spacial score (nSPS) is 21.7. The maximum absolute atomic E-state index is 11.9. The molecule has 0 spiro atoms. The van der Waals surface area contributed by atoms with E-state index >= 15 is 0 Å². The van der Waals surface area contributed by atoms with Crippen LogP contribution in [0.4, 0.5) is 0 Å². The second-order valence-corrected chi connectivity index (χ2v) is 5.07. The van der Waals surface area contributed by atoms with Gasteiger partial charge in [-0.3, -0.25) is 4.79 Å². The van der Waals surface area contributed by atoms with Gasteiger partial charge in [-0.15, -0.1) is 0 Å². The lowest BCUT2D eigenvalue weighted by molar-refractivity contribution is 0.0859. The highest BCUT2D eigenvalue weighted by atomic mass is 16.5. The molecule has 1 aliphatic rings. The second kappa shape index (κ2) is 6.39. The van der Waals surface area contributed by atoms with Crippen molar-refractivity contribution >= 4 is 5.91 Å².